The van der Waals surface area contributed by atoms with Gasteiger partial charge >= 0.3 is 0 Å². The third-order valence-corrected chi connectivity index (χ3v) is 4.33. The van der Waals surface area contributed by atoms with Crippen LogP contribution in [0.1, 0.15) is 13.3 Å². The van der Waals surface area contributed by atoms with Gasteiger partial charge in [-0.05, 0) is 28.4 Å². The van der Waals surface area contributed by atoms with Crippen LogP contribution >= 0.6 is 27.5 Å². The molecule has 0 aliphatic carbocycles. The van der Waals surface area contributed by atoms with Crippen LogP contribution in [0.25, 0.3) is 0 Å². The average molecular weight is 344 g/mol. The van der Waals surface area contributed by atoms with E-state index in [1.807, 2.05) is 0 Å². The molecule has 1 rings (SSSR count). The molecule has 5 nitrogen and oxygen atoms in total. The van der Waals surface area contributed by atoms with Gasteiger partial charge in [0.25, 0.3) is 0 Å². The third kappa shape index (κ3) is 4.18. The Morgan fingerprint density at radius 1 is 1.65 bits per heavy atom. The highest BCUT2D eigenvalue weighted by molar-refractivity contribution is 9.10. The second-order valence-corrected chi connectivity index (χ2v) is 6.37. The summed E-state index contributed by atoms with van der Waals surface area (Å²) in [6.45, 7) is 1.70. The molecular formula is C9H12BrClN2O3S. The largest absolute Gasteiger partial charge is 0.392 e. The Labute approximate surface area is 113 Å². The van der Waals surface area contributed by atoms with Gasteiger partial charge in [0, 0.05) is 17.2 Å². The quantitative estimate of drug-likeness (QED) is 0.795. The molecule has 17 heavy (non-hydrogen) atoms. The second kappa shape index (κ2) is 6.10. The highest BCUT2D eigenvalue weighted by atomic mass is 79.9. The van der Waals surface area contributed by atoms with Gasteiger partial charge in [-0.1, -0.05) is 18.5 Å². The fraction of sp³-hybridized carbons (Fsp3) is 0.444. The maximum atomic E-state index is 11.9. The van der Waals surface area contributed by atoms with E-state index in [-0.39, 0.29) is 16.6 Å². The van der Waals surface area contributed by atoms with Crippen LogP contribution in [-0.2, 0) is 10.0 Å². The molecule has 1 heterocycles. The number of aliphatic hydroxyl groups is 1. The molecule has 96 valence electrons. The first-order valence-electron chi connectivity index (χ1n) is 4.85. The number of hydrogen-bond donors (Lipinski definition) is 2. The first-order chi connectivity index (χ1) is 7.86. The minimum atomic E-state index is -3.75. The smallest absolute Gasteiger partial charge is 0.243 e. The minimum Gasteiger partial charge on any atom is -0.392 e. The van der Waals surface area contributed by atoms with Gasteiger partial charge in [-0.2, -0.15) is 0 Å². The number of halogens is 2. The second-order valence-electron chi connectivity index (χ2n) is 3.36. The van der Waals surface area contributed by atoms with Gasteiger partial charge in [-0.15, -0.1) is 0 Å². The van der Waals surface area contributed by atoms with Crippen LogP contribution in [0.3, 0.4) is 0 Å². The molecule has 0 radical (unpaired) electrons. The molecule has 1 aromatic heterocycles. The van der Waals surface area contributed by atoms with Crippen molar-refractivity contribution < 1.29 is 13.5 Å². The molecule has 0 amide bonds. The summed E-state index contributed by atoms with van der Waals surface area (Å²) in [4.78, 5) is 3.62. The molecule has 0 aliphatic heterocycles. The Bertz CT molecular complexity index is 495. The molecule has 0 fully saturated rings. The van der Waals surface area contributed by atoms with Crippen LogP contribution in [0.5, 0.6) is 0 Å². The lowest BCUT2D eigenvalue weighted by Crippen LogP contribution is -2.32. The zero-order valence-electron chi connectivity index (χ0n) is 9.02. The van der Waals surface area contributed by atoms with Crippen LogP contribution < -0.4 is 4.72 Å². The zero-order chi connectivity index (χ0) is 13.1. The lowest BCUT2D eigenvalue weighted by atomic mass is 10.3. The van der Waals surface area contributed by atoms with Crippen molar-refractivity contribution in [1.29, 1.82) is 0 Å². The topological polar surface area (TPSA) is 79.3 Å². The van der Waals surface area contributed by atoms with Crippen LogP contribution in [0.15, 0.2) is 21.6 Å². The number of pyridine rings is 1. The summed E-state index contributed by atoms with van der Waals surface area (Å²) < 4.78 is 26.5. The lowest BCUT2D eigenvalue weighted by Gasteiger charge is -2.11. The summed E-state index contributed by atoms with van der Waals surface area (Å²) in [5, 5.41) is 9.20. The van der Waals surface area contributed by atoms with Crippen LogP contribution in [-0.4, -0.2) is 31.2 Å². The molecular weight excluding hydrogens is 332 g/mol. The predicted octanol–water partition coefficient (Wildman–Crippen LogP) is 1.55. The van der Waals surface area contributed by atoms with Gasteiger partial charge in [0.15, 0.2) is 0 Å². The normalized spacial score (nSPS) is 13.6. The lowest BCUT2D eigenvalue weighted by molar-refractivity contribution is 0.174. The molecule has 1 atom stereocenters. The van der Waals surface area contributed by atoms with E-state index in [2.05, 4.69) is 25.6 Å². The molecule has 8 heteroatoms. The standard InChI is InChI=1S/C9H12BrClN2O3S/c1-2-7(14)5-13-17(15,16)8-3-6(10)4-12-9(8)11/h3-4,7,13-14H,2,5H2,1H3. The monoisotopic (exact) mass is 342 g/mol. The molecule has 0 aliphatic rings. The fourth-order valence-electron chi connectivity index (χ4n) is 1.02. The first kappa shape index (κ1) is 14.8. The van der Waals surface area contributed by atoms with Crippen molar-refractivity contribution in [2.75, 3.05) is 6.54 Å². The molecule has 0 saturated heterocycles. The van der Waals surface area contributed by atoms with E-state index in [0.29, 0.717) is 10.9 Å². The van der Waals surface area contributed by atoms with E-state index >= 15 is 0 Å². The number of nitrogens with zero attached hydrogens (tertiary/aromatic N) is 1. The number of aliphatic hydroxyl groups excluding tert-OH is 1. The molecule has 0 saturated carbocycles. The van der Waals surface area contributed by atoms with Crippen LogP contribution in [0.2, 0.25) is 5.15 Å². The summed E-state index contributed by atoms with van der Waals surface area (Å²) >= 11 is 8.84. The van der Waals surface area contributed by atoms with Crippen molar-refractivity contribution in [2.45, 2.75) is 24.3 Å². The molecule has 2 N–H and O–H groups in total. The molecule has 1 aromatic rings. The van der Waals surface area contributed by atoms with Crippen LogP contribution in [0.4, 0.5) is 0 Å². The van der Waals surface area contributed by atoms with Crippen molar-refractivity contribution in [3.05, 3.63) is 21.9 Å². The van der Waals surface area contributed by atoms with Gasteiger partial charge < -0.3 is 5.11 Å². The summed E-state index contributed by atoms with van der Waals surface area (Å²) in [7, 11) is -3.75. The van der Waals surface area contributed by atoms with E-state index in [0.717, 1.165) is 0 Å². The molecule has 0 bridgehead atoms. The van der Waals surface area contributed by atoms with Crippen molar-refractivity contribution in [2.24, 2.45) is 0 Å². The number of hydrogen-bond acceptors (Lipinski definition) is 4. The average Bonchev–Trinajstić information content (AvgIpc) is 2.29. The number of aromatic nitrogens is 1. The highest BCUT2D eigenvalue weighted by Gasteiger charge is 2.19. The SMILES string of the molecule is CCC(O)CNS(=O)(=O)c1cc(Br)cnc1Cl. The van der Waals surface area contributed by atoms with Crippen LogP contribution in [0, 0.1) is 0 Å². The van der Waals surface area contributed by atoms with Crippen molar-refractivity contribution in [3.8, 4) is 0 Å². The summed E-state index contributed by atoms with van der Waals surface area (Å²) in [5.41, 5.74) is 0. The zero-order valence-corrected chi connectivity index (χ0v) is 12.2. The minimum absolute atomic E-state index is 0.0539. The van der Waals surface area contributed by atoms with Crippen molar-refractivity contribution in [3.63, 3.8) is 0 Å². The first-order valence-corrected chi connectivity index (χ1v) is 7.51. The number of sulfonamides is 1. The van der Waals surface area contributed by atoms with Gasteiger partial charge in [-0.3, -0.25) is 0 Å². The fourth-order valence-corrected chi connectivity index (χ4v) is 3.04. The van der Waals surface area contributed by atoms with E-state index < -0.39 is 16.1 Å². The van der Waals surface area contributed by atoms with E-state index in [1.165, 1.54) is 12.3 Å². The summed E-state index contributed by atoms with van der Waals surface area (Å²) in [6, 6.07) is 1.36. The predicted molar refractivity (Wildman–Crippen MR) is 68.4 cm³/mol. The van der Waals surface area contributed by atoms with E-state index in [9.17, 15) is 13.5 Å². The van der Waals surface area contributed by atoms with Gasteiger partial charge in [0.2, 0.25) is 10.0 Å². The number of nitrogens with one attached hydrogen (secondary N) is 1. The molecule has 1 unspecified atom stereocenters. The van der Waals surface area contributed by atoms with Gasteiger partial charge in [0.05, 0.1) is 6.10 Å². The Balaban J connectivity index is 2.93. The van der Waals surface area contributed by atoms with E-state index in [1.54, 1.807) is 6.92 Å². The Kier molecular flexibility index (Phi) is 5.33. The molecule has 0 spiro atoms. The number of rotatable bonds is 5. The maximum Gasteiger partial charge on any atom is 0.243 e. The Morgan fingerprint density at radius 2 is 2.29 bits per heavy atom. The van der Waals surface area contributed by atoms with Crippen molar-refractivity contribution >= 4 is 37.6 Å². The van der Waals surface area contributed by atoms with E-state index in [4.69, 9.17) is 11.6 Å². The van der Waals surface area contributed by atoms with Gasteiger partial charge in [0.1, 0.15) is 10.0 Å². The van der Waals surface area contributed by atoms with Crippen molar-refractivity contribution in [1.82, 2.24) is 9.71 Å². The Morgan fingerprint density at radius 3 is 2.88 bits per heavy atom. The highest BCUT2D eigenvalue weighted by Crippen LogP contribution is 2.22. The van der Waals surface area contributed by atoms with Gasteiger partial charge in [-0.25, -0.2) is 18.1 Å². The third-order valence-electron chi connectivity index (χ3n) is 2.04. The summed E-state index contributed by atoms with van der Waals surface area (Å²) in [5.74, 6) is 0. The maximum absolute atomic E-state index is 11.9. The Hall–Kier alpha value is -0.210. The summed E-state index contributed by atoms with van der Waals surface area (Å²) in [6.07, 6.45) is 1.15. The molecule has 0 aromatic carbocycles.